The molecule has 218 valence electrons. The van der Waals surface area contributed by atoms with E-state index < -0.39 is 11.6 Å². The highest BCUT2D eigenvalue weighted by atomic mass is 16.6. The first-order valence-electron chi connectivity index (χ1n) is 14.1. The molecule has 9 nitrogen and oxygen atoms in total. The second-order valence-electron chi connectivity index (χ2n) is 12.0. The van der Waals surface area contributed by atoms with Gasteiger partial charge in [-0.1, -0.05) is 6.07 Å². The molecule has 0 saturated carbocycles. The summed E-state index contributed by atoms with van der Waals surface area (Å²) >= 11 is 0. The first-order valence-corrected chi connectivity index (χ1v) is 14.1. The van der Waals surface area contributed by atoms with Crippen LogP contribution in [0, 0.1) is 0 Å². The zero-order valence-electron chi connectivity index (χ0n) is 24.3. The van der Waals surface area contributed by atoms with Crippen LogP contribution in [0.2, 0.25) is 0 Å². The fraction of sp³-hybridized carbons (Fsp3) is 0.469. The number of ether oxygens (including phenoxy) is 4. The molecule has 0 spiro atoms. The summed E-state index contributed by atoms with van der Waals surface area (Å²) in [6, 6.07) is 10.6. The molecule has 0 unspecified atom stereocenters. The Kier molecular flexibility index (Phi) is 8.09. The molecule has 5 rings (SSSR count). The number of likely N-dealkylation sites (N-methyl/N-ethyl adjacent to an activating group) is 1. The van der Waals surface area contributed by atoms with Crippen LogP contribution < -0.4 is 14.8 Å². The maximum Gasteiger partial charge on any atom is 0.338 e. The van der Waals surface area contributed by atoms with Crippen molar-refractivity contribution in [2.75, 3.05) is 26.0 Å². The molecule has 3 aliphatic rings. The van der Waals surface area contributed by atoms with E-state index in [4.69, 9.17) is 18.9 Å². The summed E-state index contributed by atoms with van der Waals surface area (Å²) in [6.45, 7) is 7.01. The van der Waals surface area contributed by atoms with Gasteiger partial charge in [0.05, 0.1) is 12.7 Å². The van der Waals surface area contributed by atoms with Gasteiger partial charge in [0, 0.05) is 49.5 Å². The quantitative estimate of drug-likeness (QED) is 0.355. The van der Waals surface area contributed by atoms with Gasteiger partial charge in [0.15, 0.2) is 11.5 Å². The standard InChI is InChI=1S/C32H38N2O7/c1-32(2,3)41-31(37)19-9-12-22(13-10-19)33-26(35)7-6-8-27(36)39-23-15-21-18-34(4)17-20-11-14-24(38-5)30-29(20)28(21)25(16-23)40-30/h9-15,23,25,28H,6-8,16-18H2,1-5H3,(H,33,35)/t23-,25-,28+/m0/s1. The summed E-state index contributed by atoms with van der Waals surface area (Å²) in [5.74, 6) is 0.699. The van der Waals surface area contributed by atoms with Crippen LogP contribution in [0.1, 0.15) is 73.9 Å². The van der Waals surface area contributed by atoms with Gasteiger partial charge in [0.25, 0.3) is 0 Å². The van der Waals surface area contributed by atoms with E-state index in [1.807, 2.05) is 26.8 Å². The minimum atomic E-state index is -0.582. The number of nitrogens with zero attached hydrogens (tertiary/aromatic N) is 1. The highest BCUT2D eigenvalue weighted by Crippen LogP contribution is 2.53. The van der Waals surface area contributed by atoms with Crippen LogP contribution in [0.5, 0.6) is 11.5 Å². The average Bonchev–Trinajstić information content (AvgIpc) is 3.21. The first-order chi connectivity index (χ1) is 19.5. The second kappa shape index (κ2) is 11.6. The molecule has 9 heteroatoms. The lowest BCUT2D eigenvalue weighted by atomic mass is 9.80. The number of esters is 2. The Bertz CT molecular complexity index is 1360. The third kappa shape index (κ3) is 6.56. The van der Waals surface area contributed by atoms with Crippen LogP contribution in [-0.4, -0.2) is 61.3 Å². The van der Waals surface area contributed by atoms with Gasteiger partial charge in [-0.25, -0.2) is 4.79 Å². The Balaban J connectivity index is 1.12. The van der Waals surface area contributed by atoms with E-state index in [1.54, 1.807) is 31.4 Å². The molecule has 41 heavy (non-hydrogen) atoms. The molecular formula is C32H38N2O7. The van der Waals surface area contributed by atoms with Gasteiger partial charge in [-0.3, -0.25) is 14.5 Å². The number of rotatable bonds is 8. The number of benzene rings is 2. The van der Waals surface area contributed by atoms with Crippen molar-refractivity contribution in [3.63, 3.8) is 0 Å². The Morgan fingerprint density at radius 2 is 1.80 bits per heavy atom. The van der Waals surface area contributed by atoms with Gasteiger partial charge in [0.2, 0.25) is 5.91 Å². The van der Waals surface area contributed by atoms with Crippen molar-refractivity contribution >= 4 is 23.5 Å². The largest absolute Gasteiger partial charge is 0.493 e. The molecule has 2 heterocycles. The van der Waals surface area contributed by atoms with Crippen molar-refractivity contribution in [2.45, 2.75) is 76.7 Å². The predicted octanol–water partition coefficient (Wildman–Crippen LogP) is 4.99. The normalized spacial score (nSPS) is 21.1. The summed E-state index contributed by atoms with van der Waals surface area (Å²) in [6.07, 6.45) is 2.82. The van der Waals surface area contributed by atoms with Crippen LogP contribution in [0.4, 0.5) is 5.69 Å². The molecule has 3 atom stereocenters. The molecule has 0 radical (unpaired) electrons. The number of carbonyl (C=O) groups excluding carboxylic acids is 3. The first kappa shape index (κ1) is 28.7. The van der Waals surface area contributed by atoms with Crippen molar-refractivity contribution in [1.82, 2.24) is 4.90 Å². The average molecular weight is 563 g/mol. The molecule has 0 saturated heterocycles. The number of methoxy groups -OCH3 is 1. The minimum absolute atomic E-state index is 0.114. The smallest absolute Gasteiger partial charge is 0.338 e. The number of anilines is 1. The molecule has 0 aromatic heterocycles. The summed E-state index contributed by atoms with van der Waals surface area (Å²) in [4.78, 5) is 39.6. The molecule has 0 fully saturated rings. The summed E-state index contributed by atoms with van der Waals surface area (Å²) < 4.78 is 23.1. The topological polar surface area (TPSA) is 103 Å². The van der Waals surface area contributed by atoms with E-state index in [0.29, 0.717) is 24.1 Å². The molecule has 2 aromatic rings. The molecule has 1 aliphatic carbocycles. The molecule has 2 aromatic carbocycles. The van der Waals surface area contributed by atoms with E-state index >= 15 is 0 Å². The Hall–Kier alpha value is -3.85. The van der Waals surface area contributed by atoms with Gasteiger partial charge in [-0.2, -0.15) is 0 Å². The fourth-order valence-corrected chi connectivity index (χ4v) is 5.80. The van der Waals surface area contributed by atoms with E-state index in [-0.39, 0.29) is 42.8 Å². The van der Waals surface area contributed by atoms with Crippen molar-refractivity contribution in [2.24, 2.45) is 0 Å². The van der Waals surface area contributed by atoms with E-state index in [9.17, 15) is 14.4 Å². The van der Waals surface area contributed by atoms with Gasteiger partial charge in [-0.15, -0.1) is 0 Å². The molecule has 1 N–H and O–H groups in total. The van der Waals surface area contributed by atoms with E-state index in [2.05, 4.69) is 29.4 Å². The van der Waals surface area contributed by atoms with E-state index in [0.717, 1.165) is 24.6 Å². The molecule has 2 aliphatic heterocycles. The highest BCUT2D eigenvalue weighted by Gasteiger charge is 2.46. The number of amides is 1. The molecule has 0 bridgehead atoms. The molecular weight excluding hydrogens is 524 g/mol. The minimum Gasteiger partial charge on any atom is -0.493 e. The van der Waals surface area contributed by atoms with Crippen LogP contribution in [0.3, 0.4) is 0 Å². The maximum absolute atomic E-state index is 12.7. The van der Waals surface area contributed by atoms with Crippen LogP contribution in [0.15, 0.2) is 48.0 Å². The third-order valence-corrected chi connectivity index (χ3v) is 7.45. The summed E-state index contributed by atoms with van der Waals surface area (Å²) in [7, 11) is 3.74. The van der Waals surface area contributed by atoms with Crippen LogP contribution in [0.25, 0.3) is 0 Å². The van der Waals surface area contributed by atoms with Gasteiger partial charge < -0.3 is 24.3 Å². The van der Waals surface area contributed by atoms with Crippen molar-refractivity contribution < 1.29 is 33.3 Å². The number of nitrogens with one attached hydrogen (secondary N) is 1. The van der Waals surface area contributed by atoms with Gasteiger partial charge in [-0.05, 0) is 81.8 Å². The third-order valence-electron chi connectivity index (χ3n) is 7.45. The monoisotopic (exact) mass is 562 g/mol. The van der Waals surface area contributed by atoms with E-state index in [1.165, 1.54) is 16.7 Å². The van der Waals surface area contributed by atoms with Crippen LogP contribution in [-0.2, 0) is 25.6 Å². The van der Waals surface area contributed by atoms with Crippen LogP contribution >= 0.6 is 0 Å². The lowest BCUT2D eigenvalue weighted by Gasteiger charge is -2.31. The Morgan fingerprint density at radius 1 is 1.05 bits per heavy atom. The number of hydrogen-bond donors (Lipinski definition) is 1. The Labute approximate surface area is 240 Å². The number of carbonyl (C=O) groups is 3. The van der Waals surface area contributed by atoms with Crippen molar-refractivity contribution in [3.05, 3.63) is 64.7 Å². The fourth-order valence-electron chi connectivity index (χ4n) is 5.80. The second-order valence-corrected chi connectivity index (χ2v) is 12.0. The zero-order valence-corrected chi connectivity index (χ0v) is 24.3. The predicted molar refractivity (Wildman–Crippen MR) is 153 cm³/mol. The summed E-state index contributed by atoms with van der Waals surface area (Å²) in [5.41, 5.74) is 4.03. The lowest BCUT2D eigenvalue weighted by molar-refractivity contribution is -0.148. The van der Waals surface area contributed by atoms with Gasteiger partial charge >= 0.3 is 11.9 Å². The Morgan fingerprint density at radius 3 is 2.51 bits per heavy atom. The summed E-state index contributed by atoms with van der Waals surface area (Å²) in [5, 5.41) is 2.80. The van der Waals surface area contributed by atoms with Crippen molar-refractivity contribution in [3.8, 4) is 11.5 Å². The zero-order chi connectivity index (χ0) is 29.3. The van der Waals surface area contributed by atoms with Gasteiger partial charge in [0.1, 0.15) is 17.8 Å². The SMILES string of the molecule is COc1ccc2c3c1O[C@H]1C[C@@H](OC(=O)CCCC(=O)Nc4ccc(C(=O)OC(C)(C)C)cc4)C=C(CN(C)C2)[C@@H]31. The molecule has 1 amide bonds. The van der Waals surface area contributed by atoms with Crippen molar-refractivity contribution in [1.29, 1.82) is 0 Å². The maximum atomic E-state index is 12.7. The highest BCUT2D eigenvalue weighted by molar-refractivity contribution is 5.93. The lowest BCUT2D eigenvalue weighted by Crippen LogP contribution is -2.35. The number of hydrogen-bond acceptors (Lipinski definition) is 8.